The first-order valence-corrected chi connectivity index (χ1v) is 19.5. The third-order valence-corrected chi connectivity index (χ3v) is 10.6. The van der Waals surface area contributed by atoms with Crippen LogP contribution in [-0.4, -0.2) is 125 Å². The van der Waals surface area contributed by atoms with Gasteiger partial charge in [-0.3, -0.25) is 58.3 Å². The lowest BCUT2D eigenvalue weighted by atomic mass is 10.1. The minimum absolute atomic E-state index is 0.00336. The van der Waals surface area contributed by atoms with E-state index in [0.29, 0.717) is 11.4 Å². The van der Waals surface area contributed by atoms with Crippen molar-refractivity contribution < 1.29 is 53.7 Å². The highest BCUT2D eigenvalue weighted by Crippen LogP contribution is 2.36. The van der Waals surface area contributed by atoms with Gasteiger partial charge < -0.3 is 42.7 Å². The average molecular weight is 822 g/mol. The Morgan fingerprint density at radius 3 is 1.55 bits per heavy atom. The lowest BCUT2D eigenvalue weighted by molar-refractivity contribution is -0.140. The zero-order valence-electron chi connectivity index (χ0n) is 30.6. The van der Waals surface area contributed by atoms with Crippen LogP contribution in [0.4, 0.5) is 0 Å². The molecular weight excluding hydrogens is 775 g/mol. The largest absolute Gasteiger partial charge is 0.481 e. The van der Waals surface area contributed by atoms with Crippen LogP contribution in [-0.2, 0) is 38.4 Å². The Labute approximate surface area is 330 Å². The van der Waals surface area contributed by atoms with E-state index in [9.17, 15) is 38.4 Å². The number of aromatic nitrogens is 4. The summed E-state index contributed by atoms with van der Waals surface area (Å²) >= 11 is 2.27. The molecule has 0 aliphatic carbocycles. The van der Waals surface area contributed by atoms with E-state index in [1.165, 1.54) is 48.9 Å². The van der Waals surface area contributed by atoms with Gasteiger partial charge in [-0.2, -0.15) is 0 Å². The van der Waals surface area contributed by atoms with Crippen molar-refractivity contribution in [3.8, 4) is 0 Å². The molecule has 0 aliphatic rings. The third kappa shape index (κ3) is 18.0. The summed E-state index contributed by atoms with van der Waals surface area (Å²) in [6, 6.07) is -4.81. The molecule has 2 unspecified atom stereocenters. The summed E-state index contributed by atoms with van der Waals surface area (Å²) in [6.07, 6.45) is 6.59. The summed E-state index contributed by atoms with van der Waals surface area (Å²) in [5.41, 5.74) is 11.8. The Balaban J connectivity index is 2.26. The number of carboxylic acid groups (broad SMARTS) is 3. The summed E-state index contributed by atoms with van der Waals surface area (Å²) in [5.74, 6) is -6.53. The molecule has 56 heavy (non-hydrogen) atoms. The minimum atomic E-state index is -1.31. The Bertz CT molecular complexity index is 1640. The zero-order valence-corrected chi connectivity index (χ0v) is 32.2. The number of Topliss-reactive ketones (excluding diaryl/α,β-unsaturated/α-hetero) is 2. The van der Waals surface area contributed by atoms with E-state index in [0.717, 1.165) is 11.8 Å². The van der Waals surface area contributed by atoms with Crippen LogP contribution < -0.4 is 27.4 Å². The molecule has 2 rings (SSSR count). The van der Waals surface area contributed by atoms with Crippen molar-refractivity contribution >= 4 is 70.7 Å². The second-order valence-electron chi connectivity index (χ2n) is 12.3. The molecule has 0 saturated heterocycles. The van der Waals surface area contributed by atoms with Gasteiger partial charge in [0.15, 0.2) is 5.78 Å². The molecule has 2 aromatic heterocycles. The molecule has 10 N–H and O–H groups in total. The van der Waals surface area contributed by atoms with E-state index in [-0.39, 0.29) is 62.4 Å². The number of nitrogens with two attached hydrogens (primary N) is 2. The quantitative estimate of drug-likeness (QED) is 0.0550. The molecule has 6 atom stereocenters. The highest BCUT2D eigenvalue weighted by molar-refractivity contribution is 7.99. The van der Waals surface area contributed by atoms with Gasteiger partial charge in [-0.15, -0.1) is 23.5 Å². The molecule has 0 radical (unpaired) electrons. The van der Waals surface area contributed by atoms with Crippen LogP contribution in [0.3, 0.4) is 0 Å². The molecule has 3 amide bonds. The molecule has 20 nitrogen and oxygen atoms in total. The molecular formula is C34H47N9O11S2. The van der Waals surface area contributed by atoms with Crippen LogP contribution in [0.25, 0.3) is 0 Å². The van der Waals surface area contributed by atoms with Gasteiger partial charge in [-0.25, -0.2) is 0 Å². The van der Waals surface area contributed by atoms with E-state index in [1.54, 1.807) is 6.92 Å². The van der Waals surface area contributed by atoms with Crippen molar-refractivity contribution in [1.29, 1.82) is 0 Å². The Hall–Kier alpha value is -5.06. The first kappa shape index (κ1) is 47.1. The highest BCUT2D eigenvalue weighted by Gasteiger charge is 2.29. The molecule has 0 saturated carbocycles. The van der Waals surface area contributed by atoms with Gasteiger partial charge >= 0.3 is 17.9 Å². The van der Waals surface area contributed by atoms with Crippen LogP contribution in [0.1, 0.15) is 80.2 Å². The van der Waals surface area contributed by atoms with Crippen LogP contribution in [0.2, 0.25) is 0 Å². The van der Waals surface area contributed by atoms with Crippen LogP contribution in [0, 0.1) is 0 Å². The smallest absolute Gasteiger partial charge is 0.320 e. The van der Waals surface area contributed by atoms with Crippen LogP contribution in [0.15, 0.2) is 37.2 Å². The maximum absolute atomic E-state index is 13.8. The minimum Gasteiger partial charge on any atom is -0.481 e. The number of carboxylic acids is 3. The van der Waals surface area contributed by atoms with E-state index in [1.807, 2.05) is 0 Å². The SMILES string of the molecule is CCNC(=O)[C@H](CSC(CC(=O)CC(SC[C@H](NC(=O)CC[C@H](N)C(=O)O)C(=O)CCC(=O)O)c1cnccn1)c1cnccn1)NC(=O)CC[C@@H](N)C(=O)O. The zero-order chi connectivity index (χ0) is 41.6. The number of nitrogens with zero attached hydrogens (tertiary/aromatic N) is 4. The number of carbonyl (C=O) groups excluding carboxylic acids is 5. The van der Waals surface area contributed by atoms with E-state index in [2.05, 4.69) is 35.9 Å². The summed E-state index contributed by atoms with van der Waals surface area (Å²) in [5, 5.41) is 33.6. The number of likely N-dealkylation sites (N-methyl/N-ethyl adjacent to an activating group) is 1. The fourth-order valence-electron chi connectivity index (χ4n) is 4.83. The average Bonchev–Trinajstić information content (AvgIpc) is 3.17. The number of ketones is 2. The van der Waals surface area contributed by atoms with E-state index < -0.39 is 88.9 Å². The Kier molecular flexibility index (Phi) is 21.2. The van der Waals surface area contributed by atoms with Crippen LogP contribution >= 0.6 is 23.5 Å². The fraction of sp³-hybridized carbons (Fsp3) is 0.529. The predicted molar refractivity (Wildman–Crippen MR) is 203 cm³/mol. The number of hydrogen-bond acceptors (Lipinski definition) is 16. The van der Waals surface area contributed by atoms with Crippen molar-refractivity contribution in [2.75, 3.05) is 18.1 Å². The Morgan fingerprint density at radius 1 is 0.679 bits per heavy atom. The molecule has 22 heteroatoms. The van der Waals surface area contributed by atoms with E-state index >= 15 is 0 Å². The summed E-state index contributed by atoms with van der Waals surface area (Å²) in [6.45, 7) is 1.96. The second kappa shape index (κ2) is 25.2. The van der Waals surface area contributed by atoms with Crippen molar-refractivity contribution in [1.82, 2.24) is 35.9 Å². The first-order valence-electron chi connectivity index (χ1n) is 17.5. The number of hydrogen-bond donors (Lipinski definition) is 8. The lowest BCUT2D eigenvalue weighted by Crippen LogP contribution is -2.48. The number of rotatable bonds is 28. The standard InChI is InChI=1S/C34H47N9O11S2/c1-2-39-32(50)25(43-30(47)7-4-21(36)34(53)54)18-56-28(23-16-38-10-12-41-23)14-19(44)13-27(22-15-37-9-11-40-22)55-17-24(26(45)5-8-31(48)49)42-29(46)6-3-20(35)33(51)52/h9-12,15-16,20-21,24-25,27-28H,2-8,13-14,17-18,35-36H2,1H3,(H,39,50)(H,42,46)(H,43,47)(H,48,49)(H,51,52)(H,53,54)/t20-,21+,24-,25-,27?,28?/m0/s1. The fourth-order valence-corrected chi connectivity index (χ4v) is 7.37. The summed E-state index contributed by atoms with van der Waals surface area (Å²) < 4.78 is 0. The normalized spacial score (nSPS) is 14.2. The third-order valence-electron chi connectivity index (χ3n) is 7.89. The molecule has 0 bridgehead atoms. The monoisotopic (exact) mass is 821 g/mol. The highest BCUT2D eigenvalue weighted by atomic mass is 32.2. The Morgan fingerprint density at radius 2 is 1.14 bits per heavy atom. The topological polar surface area (TPSA) is 337 Å². The maximum atomic E-state index is 13.8. The van der Waals surface area contributed by atoms with Gasteiger partial charge in [-0.05, 0) is 19.8 Å². The molecule has 0 aromatic carbocycles. The van der Waals surface area contributed by atoms with Gasteiger partial charge in [-0.1, -0.05) is 0 Å². The van der Waals surface area contributed by atoms with E-state index in [4.69, 9.17) is 26.8 Å². The maximum Gasteiger partial charge on any atom is 0.320 e. The van der Waals surface area contributed by atoms with Crippen molar-refractivity contribution in [3.05, 3.63) is 48.6 Å². The van der Waals surface area contributed by atoms with Gasteiger partial charge in [0.2, 0.25) is 17.7 Å². The van der Waals surface area contributed by atoms with Gasteiger partial charge in [0, 0.05) is 87.3 Å². The van der Waals surface area contributed by atoms with Gasteiger partial charge in [0.25, 0.3) is 0 Å². The number of thioether (sulfide) groups is 2. The number of nitrogens with one attached hydrogen (secondary N) is 3. The second-order valence-corrected chi connectivity index (χ2v) is 14.8. The van der Waals surface area contributed by atoms with Crippen LogP contribution in [0.5, 0.6) is 0 Å². The summed E-state index contributed by atoms with van der Waals surface area (Å²) in [4.78, 5) is 115. The molecule has 2 aromatic rings. The predicted octanol–water partition coefficient (Wildman–Crippen LogP) is -0.211. The van der Waals surface area contributed by atoms with Gasteiger partial charge in [0.1, 0.15) is 23.9 Å². The molecule has 0 fully saturated rings. The first-order chi connectivity index (χ1) is 26.6. The number of aliphatic carboxylic acids is 3. The van der Waals surface area contributed by atoms with Crippen molar-refractivity contribution in [2.45, 2.75) is 93.0 Å². The molecule has 0 aliphatic heterocycles. The molecule has 306 valence electrons. The van der Waals surface area contributed by atoms with Crippen molar-refractivity contribution in [2.24, 2.45) is 11.5 Å². The lowest BCUT2D eigenvalue weighted by Gasteiger charge is -2.23. The summed E-state index contributed by atoms with van der Waals surface area (Å²) in [7, 11) is 0. The number of carbonyl (C=O) groups is 8. The van der Waals surface area contributed by atoms with Gasteiger partial charge in [0.05, 0.1) is 34.4 Å². The van der Waals surface area contributed by atoms with Crippen molar-refractivity contribution in [3.63, 3.8) is 0 Å². The molecule has 2 heterocycles. The number of amides is 3. The molecule has 0 spiro atoms.